The molecule has 0 unspecified atom stereocenters. The lowest BCUT2D eigenvalue weighted by molar-refractivity contribution is -0.114. The molecule has 0 atom stereocenters. The number of hydrogen-bond donors (Lipinski definition) is 1. The Balaban J connectivity index is 1.81. The van der Waals surface area contributed by atoms with Gasteiger partial charge < -0.3 is 10.6 Å². The minimum atomic E-state index is -0.632. The maximum atomic E-state index is 15.6. The second kappa shape index (κ2) is 6.91. The number of anilines is 1. The first-order valence-corrected chi connectivity index (χ1v) is 10.2. The van der Waals surface area contributed by atoms with E-state index in [1.165, 1.54) is 12.1 Å². The van der Waals surface area contributed by atoms with Gasteiger partial charge in [0.1, 0.15) is 5.82 Å². The number of primary amides is 1. The van der Waals surface area contributed by atoms with Crippen molar-refractivity contribution in [2.24, 2.45) is 5.73 Å². The van der Waals surface area contributed by atoms with E-state index in [0.29, 0.717) is 24.9 Å². The van der Waals surface area contributed by atoms with E-state index in [1.807, 2.05) is 37.3 Å². The quantitative estimate of drug-likeness (QED) is 0.502. The van der Waals surface area contributed by atoms with Crippen molar-refractivity contribution >= 4 is 17.5 Å². The molecule has 1 aliphatic carbocycles. The van der Waals surface area contributed by atoms with Gasteiger partial charge in [-0.15, -0.1) is 0 Å². The second-order valence-electron chi connectivity index (χ2n) is 8.08. The zero-order valence-electron chi connectivity index (χ0n) is 17.2. The molecule has 0 bridgehead atoms. The summed E-state index contributed by atoms with van der Waals surface area (Å²) in [5, 5.41) is 0. The van der Waals surface area contributed by atoms with Crippen LogP contribution in [0.1, 0.15) is 32.6 Å². The number of aryl methyl sites for hydroxylation is 1. The highest BCUT2D eigenvalue weighted by molar-refractivity contribution is 6.05. The van der Waals surface area contributed by atoms with Gasteiger partial charge in [0, 0.05) is 23.4 Å². The molecular formula is C26H21FN2O2. The van der Waals surface area contributed by atoms with Crippen molar-refractivity contribution in [1.29, 1.82) is 0 Å². The third kappa shape index (κ3) is 2.81. The Kier molecular flexibility index (Phi) is 4.29. The molecule has 0 fully saturated rings. The Bertz CT molecular complexity index is 1310. The zero-order valence-corrected chi connectivity index (χ0v) is 17.2. The normalized spacial score (nSPS) is 13.5. The SMILES string of the molecule is C=CC(=O)N1CCc2c(-c3c(F)cc(C(N)=O)c4c3-c3ccc(C)cc3C4)cccc21. The highest BCUT2D eigenvalue weighted by Crippen LogP contribution is 2.48. The van der Waals surface area contributed by atoms with E-state index >= 15 is 4.39 Å². The van der Waals surface area contributed by atoms with Crippen LogP contribution in [0.2, 0.25) is 0 Å². The number of hydrogen-bond acceptors (Lipinski definition) is 2. The summed E-state index contributed by atoms with van der Waals surface area (Å²) < 4.78 is 15.6. The standard InChI is InChI=1S/C26H21FN2O2/c1-3-23(30)29-10-9-17-18(5-4-6-22(17)29)25-21(27)13-20(26(28)31)19-12-15-11-14(2)7-8-16(15)24(19)25/h3-8,11,13H,1,9-10,12H2,2H3,(H2,28,31). The van der Waals surface area contributed by atoms with E-state index in [4.69, 9.17) is 5.73 Å². The largest absolute Gasteiger partial charge is 0.366 e. The molecular weight excluding hydrogens is 391 g/mol. The molecule has 1 heterocycles. The number of halogens is 1. The maximum Gasteiger partial charge on any atom is 0.250 e. The molecule has 154 valence electrons. The van der Waals surface area contributed by atoms with Gasteiger partial charge in [0.2, 0.25) is 11.8 Å². The number of carbonyl (C=O) groups is 2. The molecule has 0 saturated heterocycles. The molecule has 0 spiro atoms. The van der Waals surface area contributed by atoms with Crippen molar-refractivity contribution < 1.29 is 14.0 Å². The molecule has 2 amide bonds. The van der Waals surface area contributed by atoms with Gasteiger partial charge in [0.15, 0.2) is 0 Å². The lowest BCUT2D eigenvalue weighted by atomic mass is 9.88. The van der Waals surface area contributed by atoms with Crippen LogP contribution < -0.4 is 10.6 Å². The van der Waals surface area contributed by atoms with Crippen LogP contribution in [0.25, 0.3) is 22.3 Å². The average molecular weight is 412 g/mol. The minimum absolute atomic E-state index is 0.175. The van der Waals surface area contributed by atoms with Crippen LogP contribution >= 0.6 is 0 Å². The summed E-state index contributed by atoms with van der Waals surface area (Å²) in [5.41, 5.74) is 13.3. The highest BCUT2D eigenvalue weighted by Gasteiger charge is 2.32. The van der Waals surface area contributed by atoms with Crippen molar-refractivity contribution in [2.75, 3.05) is 11.4 Å². The Morgan fingerprint density at radius 3 is 2.65 bits per heavy atom. The predicted molar refractivity (Wildman–Crippen MR) is 120 cm³/mol. The van der Waals surface area contributed by atoms with Crippen LogP contribution in [-0.4, -0.2) is 18.4 Å². The molecule has 5 heteroatoms. The highest BCUT2D eigenvalue weighted by atomic mass is 19.1. The Hall–Kier alpha value is -3.73. The van der Waals surface area contributed by atoms with Gasteiger partial charge in [0.05, 0.1) is 0 Å². The number of benzene rings is 3. The molecule has 5 rings (SSSR count). The number of amides is 2. The lowest BCUT2D eigenvalue weighted by Crippen LogP contribution is -2.26. The molecule has 3 aromatic rings. The van der Waals surface area contributed by atoms with Gasteiger partial charge in [-0.1, -0.05) is 42.5 Å². The fraction of sp³-hybridized carbons (Fsp3) is 0.154. The smallest absolute Gasteiger partial charge is 0.250 e. The monoisotopic (exact) mass is 412 g/mol. The predicted octanol–water partition coefficient (Wildman–Crippen LogP) is 4.55. The summed E-state index contributed by atoms with van der Waals surface area (Å²) in [5.74, 6) is -1.29. The van der Waals surface area contributed by atoms with E-state index in [9.17, 15) is 9.59 Å². The van der Waals surface area contributed by atoms with E-state index in [1.54, 1.807) is 4.90 Å². The number of fused-ring (bicyclic) bond motifs is 4. The summed E-state index contributed by atoms with van der Waals surface area (Å²) >= 11 is 0. The van der Waals surface area contributed by atoms with Crippen molar-refractivity contribution in [3.8, 4) is 22.3 Å². The first-order valence-electron chi connectivity index (χ1n) is 10.2. The van der Waals surface area contributed by atoms with Crippen LogP contribution in [0.4, 0.5) is 10.1 Å². The van der Waals surface area contributed by atoms with Gasteiger partial charge >= 0.3 is 0 Å². The van der Waals surface area contributed by atoms with Crippen molar-refractivity contribution in [2.45, 2.75) is 19.8 Å². The van der Waals surface area contributed by atoms with Crippen LogP contribution in [-0.2, 0) is 17.6 Å². The van der Waals surface area contributed by atoms with E-state index < -0.39 is 11.7 Å². The number of rotatable bonds is 3. The first kappa shape index (κ1) is 19.2. The summed E-state index contributed by atoms with van der Waals surface area (Å²) in [7, 11) is 0. The molecule has 31 heavy (non-hydrogen) atoms. The van der Waals surface area contributed by atoms with Crippen molar-refractivity contribution in [1.82, 2.24) is 0 Å². The topological polar surface area (TPSA) is 63.4 Å². The molecule has 0 aromatic heterocycles. The Labute approximate surface area is 179 Å². The molecule has 0 saturated carbocycles. The Morgan fingerprint density at radius 2 is 1.90 bits per heavy atom. The summed E-state index contributed by atoms with van der Waals surface area (Å²) in [6.07, 6.45) is 2.45. The molecule has 2 N–H and O–H groups in total. The first-order chi connectivity index (χ1) is 14.9. The molecule has 1 aliphatic heterocycles. The zero-order chi connectivity index (χ0) is 21.9. The number of nitrogens with two attached hydrogens (primary N) is 1. The third-order valence-corrected chi connectivity index (χ3v) is 6.29. The minimum Gasteiger partial charge on any atom is -0.366 e. The lowest BCUT2D eigenvalue weighted by Gasteiger charge is -2.18. The van der Waals surface area contributed by atoms with Crippen LogP contribution in [0.15, 0.2) is 55.1 Å². The van der Waals surface area contributed by atoms with Crippen molar-refractivity contribution in [3.63, 3.8) is 0 Å². The molecule has 4 nitrogen and oxygen atoms in total. The molecule has 3 aromatic carbocycles. The van der Waals surface area contributed by atoms with Crippen LogP contribution in [0.5, 0.6) is 0 Å². The van der Waals surface area contributed by atoms with Crippen LogP contribution in [0.3, 0.4) is 0 Å². The van der Waals surface area contributed by atoms with Crippen LogP contribution in [0, 0.1) is 12.7 Å². The molecule has 2 aliphatic rings. The van der Waals surface area contributed by atoms with Gasteiger partial charge in [-0.3, -0.25) is 9.59 Å². The third-order valence-electron chi connectivity index (χ3n) is 6.29. The van der Waals surface area contributed by atoms with Crippen molar-refractivity contribution in [3.05, 3.63) is 88.8 Å². The fourth-order valence-electron chi connectivity index (χ4n) is 4.97. The van der Waals surface area contributed by atoms with E-state index in [-0.39, 0.29) is 11.5 Å². The van der Waals surface area contributed by atoms with Gasteiger partial charge in [-0.25, -0.2) is 4.39 Å². The number of nitrogens with zero attached hydrogens (tertiary/aromatic N) is 1. The maximum absolute atomic E-state index is 15.6. The van der Waals surface area contributed by atoms with Gasteiger partial charge in [0.25, 0.3) is 0 Å². The number of carbonyl (C=O) groups excluding carboxylic acids is 2. The van der Waals surface area contributed by atoms with Gasteiger partial charge in [-0.2, -0.15) is 0 Å². The fourth-order valence-corrected chi connectivity index (χ4v) is 4.97. The van der Waals surface area contributed by atoms with E-state index in [2.05, 4.69) is 12.6 Å². The average Bonchev–Trinajstić information content (AvgIpc) is 3.34. The van der Waals surface area contributed by atoms with E-state index in [0.717, 1.165) is 44.6 Å². The summed E-state index contributed by atoms with van der Waals surface area (Å²) in [4.78, 5) is 26.1. The Morgan fingerprint density at radius 1 is 1.10 bits per heavy atom. The second-order valence-corrected chi connectivity index (χ2v) is 8.08. The molecule has 0 radical (unpaired) electrons. The van der Waals surface area contributed by atoms with Gasteiger partial charge in [-0.05, 0) is 71.4 Å². The summed E-state index contributed by atoms with van der Waals surface area (Å²) in [6.45, 7) is 6.12. The summed E-state index contributed by atoms with van der Waals surface area (Å²) in [6, 6.07) is 12.9.